The second-order valence-corrected chi connectivity index (χ2v) is 1.08. The van der Waals surface area contributed by atoms with Gasteiger partial charge in [0, 0.05) is 13.1 Å². The summed E-state index contributed by atoms with van der Waals surface area (Å²) in [5.41, 5.74) is 7.65. The molecular formula is C3H7N3S. The summed E-state index contributed by atoms with van der Waals surface area (Å²) in [5.74, 6) is 0. The molecule has 0 aliphatic rings. The molecule has 0 saturated heterocycles. The average molecular weight is 117 g/mol. The fraction of sp³-hybridized carbons (Fsp3) is 0.667. The second-order valence-electron chi connectivity index (χ2n) is 0.900. The van der Waals surface area contributed by atoms with Crippen LogP contribution in [0.5, 0.6) is 0 Å². The Balaban J connectivity index is 2.83. The van der Waals surface area contributed by atoms with E-state index in [4.69, 9.17) is 5.73 Å². The first-order valence-electron chi connectivity index (χ1n) is 1.91. The van der Waals surface area contributed by atoms with Gasteiger partial charge in [0.25, 0.3) is 0 Å². The molecule has 7 heavy (non-hydrogen) atoms. The predicted molar refractivity (Wildman–Crippen MR) is 32.1 cm³/mol. The molecule has 0 aromatic rings. The van der Waals surface area contributed by atoms with E-state index >= 15 is 0 Å². The quantitative estimate of drug-likeness (QED) is 0.228. The third kappa shape index (κ3) is 5.56. The molecule has 0 amide bonds. The van der Waals surface area contributed by atoms with Crippen LogP contribution in [0.1, 0.15) is 0 Å². The van der Waals surface area contributed by atoms with Gasteiger partial charge in [-0.3, -0.25) is 5.43 Å². The maximum atomic E-state index is 5.08. The number of hydrazone groups is 1. The molecular weight excluding hydrogens is 110 g/mol. The molecule has 0 radical (unpaired) electrons. The molecule has 0 aromatic heterocycles. The van der Waals surface area contributed by atoms with E-state index in [2.05, 4.69) is 27.9 Å². The van der Waals surface area contributed by atoms with Crippen LogP contribution in [-0.4, -0.2) is 18.3 Å². The number of nitrogens with one attached hydrogen (secondary N) is 1. The number of hydrogen-bond donors (Lipinski definition) is 2. The second kappa shape index (κ2) is 5.56. The van der Waals surface area contributed by atoms with Crippen molar-refractivity contribution in [3.63, 3.8) is 0 Å². The van der Waals surface area contributed by atoms with Crippen LogP contribution in [0.2, 0.25) is 0 Å². The Hall–Kier alpha value is -0.440. The van der Waals surface area contributed by atoms with E-state index in [1.165, 1.54) is 0 Å². The molecule has 3 nitrogen and oxygen atoms in total. The zero-order chi connectivity index (χ0) is 5.54. The van der Waals surface area contributed by atoms with Crippen LogP contribution in [-0.2, 0) is 0 Å². The SMILES string of the molecule is NCCNN=C=S. The van der Waals surface area contributed by atoms with Gasteiger partial charge in [0.1, 0.15) is 0 Å². The Morgan fingerprint density at radius 2 is 2.57 bits per heavy atom. The van der Waals surface area contributed by atoms with Crippen molar-refractivity contribution < 1.29 is 0 Å². The van der Waals surface area contributed by atoms with Gasteiger partial charge < -0.3 is 5.73 Å². The Morgan fingerprint density at radius 1 is 1.86 bits per heavy atom. The van der Waals surface area contributed by atoms with Crippen LogP contribution < -0.4 is 11.2 Å². The predicted octanol–water partition coefficient (Wildman–Crippen LogP) is -0.448. The first-order chi connectivity index (χ1) is 3.41. The molecule has 40 valence electrons. The minimum Gasteiger partial charge on any atom is -0.329 e. The molecule has 0 atom stereocenters. The van der Waals surface area contributed by atoms with Gasteiger partial charge in [-0.05, 0) is 12.2 Å². The third-order valence-electron chi connectivity index (χ3n) is 0.381. The smallest absolute Gasteiger partial charge is 0.0843 e. The minimum absolute atomic E-state index is 0.570. The highest BCUT2D eigenvalue weighted by molar-refractivity contribution is 7.78. The highest BCUT2D eigenvalue weighted by atomic mass is 32.1. The van der Waals surface area contributed by atoms with E-state index < -0.39 is 0 Å². The molecule has 0 rings (SSSR count). The topological polar surface area (TPSA) is 50.4 Å². The standard InChI is InChI=1S/C3H7N3S/c4-1-2-5-6-3-7/h5H,1-2,4H2. The van der Waals surface area contributed by atoms with Crippen LogP contribution in [0.25, 0.3) is 0 Å². The number of hydrogen-bond acceptors (Lipinski definition) is 4. The molecule has 0 bridgehead atoms. The summed E-state index contributed by atoms with van der Waals surface area (Å²) >= 11 is 4.25. The Bertz CT molecular complexity index is 76.2. The molecule has 0 fully saturated rings. The van der Waals surface area contributed by atoms with Crippen LogP contribution in [0.15, 0.2) is 5.10 Å². The van der Waals surface area contributed by atoms with Crippen molar-refractivity contribution >= 4 is 17.4 Å². The summed E-state index contributed by atoms with van der Waals surface area (Å²) < 4.78 is 0. The summed E-state index contributed by atoms with van der Waals surface area (Å²) in [5, 5.41) is 5.54. The van der Waals surface area contributed by atoms with Crippen molar-refractivity contribution in [2.45, 2.75) is 0 Å². The van der Waals surface area contributed by atoms with Crippen molar-refractivity contribution in [2.24, 2.45) is 10.8 Å². The van der Waals surface area contributed by atoms with Crippen LogP contribution >= 0.6 is 12.2 Å². The Kier molecular flexibility index (Phi) is 5.21. The highest BCUT2D eigenvalue weighted by Crippen LogP contribution is 1.50. The van der Waals surface area contributed by atoms with Crippen molar-refractivity contribution in [1.29, 1.82) is 0 Å². The molecule has 3 N–H and O–H groups in total. The largest absolute Gasteiger partial charge is 0.329 e. The van der Waals surface area contributed by atoms with Crippen LogP contribution in [0.4, 0.5) is 0 Å². The van der Waals surface area contributed by atoms with Gasteiger partial charge in [0.15, 0.2) is 0 Å². The number of nitrogens with two attached hydrogens (primary N) is 1. The van der Waals surface area contributed by atoms with E-state index in [1.54, 1.807) is 0 Å². The maximum absolute atomic E-state index is 5.08. The van der Waals surface area contributed by atoms with Gasteiger partial charge in [-0.2, -0.15) is 0 Å². The lowest BCUT2D eigenvalue weighted by atomic mass is 10.7. The van der Waals surface area contributed by atoms with Crippen molar-refractivity contribution in [3.05, 3.63) is 0 Å². The lowest BCUT2D eigenvalue weighted by molar-refractivity contribution is 0.745. The van der Waals surface area contributed by atoms with E-state index in [-0.39, 0.29) is 0 Å². The minimum atomic E-state index is 0.570. The molecule has 0 saturated carbocycles. The van der Waals surface area contributed by atoms with Crippen LogP contribution in [0, 0.1) is 0 Å². The monoisotopic (exact) mass is 117 g/mol. The first kappa shape index (κ1) is 6.56. The van der Waals surface area contributed by atoms with Crippen molar-refractivity contribution in [2.75, 3.05) is 13.1 Å². The maximum Gasteiger partial charge on any atom is 0.0843 e. The van der Waals surface area contributed by atoms with Crippen LogP contribution in [0.3, 0.4) is 0 Å². The van der Waals surface area contributed by atoms with Gasteiger partial charge in [0.05, 0.1) is 5.16 Å². The highest BCUT2D eigenvalue weighted by Gasteiger charge is 1.68. The number of isothiocyanates is 1. The lowest BCUT2D eigenvalue weighted by Crippen LogP contribution is -2.16. The van der Waals surface area contributed by atoms with Gasteiger partial charge in [-0.1, -0.05) is 0 Å². The molecule has 0 aromatic carbocycles. The van der Waals surface area contributed by atoms with Crippen molar-refractivity contribution in [1.82, 2.24) is 5.43 Å². The summed E-state index contributed by atoms with van der Waals surface area (Å²) in [6.07, 6.45) is 0. The van der Waals surface area contributed by atoms with Gasteiger partial charge in [-0.15, -0.1) is 5.10 Å². The van der Waals surface area contributed by atoms with Gasteiger partial charge >= 0.3 is 0 Å². The van der Waals surface area contributed by atoms with E-state index in [1.807, 2.05) is 0 Å². The summed E-state index contributed by atoms with van der Waals surface area (Å²) in [6, 6.07) is 0. The van der Waals surface area contributed by atoms with E-state index in [0.29, 0.717) is 13.1 Å². The number of rotatable bonds is 3. The molecule has 0 aliphatic carbocycles. The first-order valence-corrected chi connectivity index (χ1v) is 2.32. The third-order valence-corrected chi connectivity index (χ3v) is 0.472. The normalized spacial score (nSPS) is 7.00. The number of thiocarbonyl (C=S) groups is 1. The van der Waals surface area contributed by atoms with Crippen molar-refractivity contribution in [3.8, 4) is 0 Å². The lowest BCUT2D eigenvalue weighted by Gasteiger charge is -1.88. The Morgan fingerprint density at radius 3 is 3.00 bits per heavy atom. The summed E-state index contributed by atoms with van der Waals surface area (Å²) in [6.45, 7) is 1.23. The molecule has 4 heteroatoms. The van der Waals surface area contributed by atoms with Gasteiger partial charge in [-0.25, -0.2) is 0 Å². The fourth-order valence-electron chi connectivity index (χ4n) is 0.153. The van der Waals surface area contributed by atoms with E-state index in [0.717, 1.165) is 0 Å². The fourth-order valence-corrected chi connectivity index (χ4v) is 0.217. The van der Waals surface area contributed by atoms with Gasteiger partial charge in [0.2, 0.25) is 0 Å². The number of nitrogens with zero attached hydrogens (tertiary/aromatic N) is 1. The average Bonchev–Trinajstić information content (AvgIpc) is 1.69. The molecule has 0 unspecified atom stereocenters. The summed E-state index contributed by atoms with van der Waals surface area (Å²) in [4.78, 5) is 0. The summed E-state index contributed by atoms with van der Waals surface area (Å²) in [7, 11) is 0. The van der Waals surface area contributed by atoms with E-state index in [9.17, 15) is 0 Å². The Labute approximate surface area is 47.6 Å². The molecule has 0 heterocycles. The molecule has 0 spiro atoms. The zero-order valence-electron chi connectivity index (χ0n) is 3.85. The zero-order valence-corrected chi connectivity index (χ0v) is 4.66. The molecule has 0 aliphatic heterocycles.